The molecule has 0 saturated carbocycles. The highest BCUT2D eigenvalue weighted by atomic mass is 32.1. The van der Waals surface area contributed by atoms with Gasteiger partial charge in [-0.15, -0.1) is 11.3 Å². The van der Waals surface area contributed by atoms with Gasteiger partial charge in [0.1, 0.15) is 5.82 Å². The largest absolute Gasteiger partial charge is 0.308 e. The van der Waals surface area contributed by atoms with Crippen LogP contribution < -0.4 is 5.32 Å². The van der Waals surface area contributed by atoms with Crippen molar-refractivity contribution in [2.75, 3.05) is 7.05 Å². The van der Waals surface area contributed by atoms with Crippen LogP contribution in [0.5, 0.6) is 0 Å². The van der Waals surface area contributed by atoms with Crippen molar-refractivity contribution in [2.24, 2.45) is 0 Å². The summed E-state index contributed by atoms with van der Waals surface area (Å²) in [5.41, 5.74) is 2.51. The van der Waals surface area contributed by atoms with E-state index in [9.17, 15) is 4.39 Å². The first-order valence-electron chi connectivity index (χ1n) is 5.47. The Kier molecular flexibility index (Phi) is 3.54. The lowest BCUT2D eigenvalue weighted by molar-refractivity contribution is 0.606. The smallest absolute Gasteiger partial charge is 0.126 e. The topological polar surface area (TPSA) is 24.9 Å². The first-order valence-corrected chi connectivity index (χ1v) is 6.35. The molecular formula is C13H15FN2S. The number of rotatable bonds is 3. The Morgan fingerprint density at radius 1 is 1.35 bits per heavy atom. The van der Waals surface area contributed by atoms with Crippen LogP contribution in [-0.4, -0.2) is 12.0 Å². The summed E-state index contributed by atoms with van der Waals surface area (Å²) >= 11 is 1.61. The maximum absolute atomic E-state index is 13.6. The van der Waals surface area contributed by atoms with Gasteiger partial charge in [-0.2, -0.15) is 0 Å². The number of hydrogen-bond donors (Lipinski definition) is 1. The molecule has 0 saturated heterocycles. The number of nitrogens with zero attached hydrogens (tertiary/aromatic N) is 1. The second kappa shape index (κ2) is 4.94. The zero-order chi connectivity index (χ0) is 12.4. The van der Waals surface area contributed by atoms with Crippen LogP contribution in [0.2, 0.25) is 0 Å². The highest BCUT2D eigenvalue weighted by molar-refractivity contribution is 7.09. The second-order valence-corrected chi connectivity index (χ2v) is 5.08. The van der Waals surface area contributed by atoms with Gasteiger partial charge in [0.2, 0.25) is 0 Å². The van der Waals surface area contributed by atoms with Crippen molar-refractivity contribution in [2.45, 2.75) is 19.9 Å². The highest BCUT2D eigenvalue weighted by Gasteiger charge is 2.15. The Hall–Kier alpha value is -1.26. The number of nitrogens with one attached hydrogen (secondary N) is 1. The van der Waals surface area contributed by atoms with Gasteiger partial charge >= 0.3 is 0 Å². The molecule has 90 valence electrons. The van der Waals surface area contributed by atoms with Crippen LogP contribution in [-0.2, 0) is 0 Å². The third-order valence-electron chi connectivity index (χ3n) is 2.75. The number of halogens is 1. The fourth-order valence-electron chi connectivity index (χ4n) is 1.79. The highest BCUT2D eigenvalue weighted by Crippen LogP contribution is 2.24. The predicted molar refractivity (Wildman–Crippen MR) is 68.9 cm³/mol. The normalized spacial score (nSPS) is 12.7. The first kappa shape index (κ1) is 12.2. The number of benzene rings is 1. The van der Waals surface area contributed by atoms with E-state index in [1.165, 1.54) is 0 Å². The van der Waals surface area contributed by atoms with E-state index < -0.39 is 0 Å². The van der Waals surface area contributed by atoms with Gasteiger partial charge in [0, 0.05) is 5.38 Å². The number of aromatic nitrogens is 1. The zero-order valence-electron chi connectivity index (χ0n) is 10.1. The number of aryl methyl sites for hydroxylation is 2. The van der Waals surface area contributed by atoms with Gasteiger partial charge in [-0.3, -0.25) is 0 Å². The van der Waals surface area contributed by atoms with Crippen LogP contribution in [0, 0.1) is 19.7 Å². The van der Waals surface area contributed by atoms with Crippen molar-refractivity contribution >= 4 is 11.3 Å². The monoisotopic (exact) mass is 250 g/mol. The van der Waals surface area contributed by atoms with Crippen molar-refractivity contribution in [1.29, 1.82) is 0 Å². The summed E-state index contributed by atoms with van der Waals surface area (Å²) in [6.45, 7) is 3.73. The molecule has 0 aliphatic carbocycles. The Labute approximate surface area is 105 Å². The van der Waals surface area contributed by atoms with Crippen LogP contribution in [0.3, 0.4) is 0 Å². The van der Waals surface area contributed by atoms with E-state index in [1.54, 1.807) is 30.4 Å². The Balaban J connectivity index is 2.38. The lowest BCUT2D eigenvalue weighted by Gasteiger charge is -2.14. The van der Waals surface area contributed by atoms with E-state index in [2.05, 4.69) is 10.3 Å². The molecule has 0 amide bonds. The molecule has 2 nitrogen and oxygen atoms in total. The van der Waals surface area contributed by atoms with Gasteiger partial charge < -0.3 is 5.32 Å². The summed E-state index contributed by atoms with van der Waals surface area (Å²) in [6, 6.07) is 5.27. The van der Waals surface area contributed by atoms with Gasteiger partial charge in [0.15, 0.2) is 0 Å². The molecule has 1 unspecified atom stereocenters. The molecule has 17 heavy (non-hydrogen) atoms. The van der Waals surface area contributed by atoms with E-state index in [1.807, 2.05) is 25.4 Å². The van der Waals surface area contributed by atoms with E-state index in [4.69, 9.17) is 0 Å². The molecule has 1 aromatic heterocycles. The summed E-state index contributed by atoms with van der Waals surface area (Å²) in [4.78, 5) is 4.44. The summed E-state index contributed by atoms with van der Waals surface area (Å²) < 4.78 is 13.6. The molecule has 2 aromatic rings. The van der Waals surface area contributed by atoms with Crippen molar-refractivity contribution < 1.29 is 4.39 Å². The average molecular weight is 250 g/mol. The zero-order valence-corrected chi connectivity index (χ0v) is 10.9. The molecule has 1 atom stereocenters. The van der Waals surface area contributed by atoms with E-state index in [-0.39, 0.29) is 11.9 Å². The van der Waals surface area contributed by atoms with E-state index in [0.29, 0.717) is 5.56 Å². The third-order valence-corrected chi connectivity index (χ3v) is 3.54. The van der Waals surface area contributed by atoms with Gasteiger partial charge in [-0.05, 0) is 38.1 Å². The van der Waals surface area contributed by atoms with Crippen LogP contribution in [0.15, 0.2) is 23.6 Å². The van der Waals surface area contributed by atoms with Crippen LogP contribution in [0.4, 0.5) is 4.39 Å². The van der Waals surface area contributed by atoms with Crippen molar-refractivity contribution in [1.82, 2.24) is 10.3 Å². The first-order chi connectivity index (χ1) is 8.11. The fraction of sp³-hybridized carbons (Fsp3) is 0.308. The Morgan fingerprint density at radius 2 is 2.12 bits per heavy atom. The molecule has 4 heteroatoms. The van der Waals surface area contributed by atoms with Crippen molar-refractivity contribution in [3.05, 3.63) is 51.2 Å². The maximum Gasteiger partial charge on any atom is 0.126 e. The van der Waals surface area contributed by atoms with E-state index >= 15 is 0 Å². The lowest BCUT2D eigenvalue weighted by atomic mass is 10.0. The molecular weight excluding hydrogens is 235 g/mol. The van der Waals surface area contributed by atoms with E-state index in [0.717, 1.165) is 16.3 Å². The van der Waals surface area contributed by atoms with Gasteiger partial charge in [0.25, 0.3) is 0 Å². The summed E-state index contributed by atoms with van der Waals surface area (Å²) in [5.74, 6) is -0.172. The molecule has 0 aliphatic rings. The number of thiazole rings is 1. The minimum atomic E-state index is -0.172. The molecule has 0 aliphatic heterocycles. The lowest BCUT2D eigenvalue weighted by Crippen LogP contribution is -2.18. The Morgan fingerprint density at radius 3 is 2.65 bits per heavy atom. The molecule has 0 fully saturated rings. The molecule has 1 N–H and O–H groups in total. The summed E-state index contributed by atoms with van der Waals surface area (Å²) in [6.07, 6.45) is 0. The minimum Gasteiger partial charge on any atom is -0.308 e. The van der Waals surface area contributed by atoms with Crippen LogP contribution in [0.25, 0.3) is 0 Å². The molecule has 0 radical (unpaired) electrons. The average Bonchev–Trinajstić information content (AvgIpc) is 2.71. The van der Waals surface area contributed by atoms with Gasteiger partial charge in [-0.25, -0.2) is 9.37 Å². The maximum atomic E-state index is 13.6. The van der Waals surface area contributed by atoms with Gasteiger partial charge in [-0.1, -0.05) is 12.1 Å². The molecule has 0 spiro atoms. The summed E-state index contributed by atoms with van der Waals surface area (Å²) in [7, 11) is 1.86. The van der Waals surface area contributed by atoms with Gasteiger partial charge in [0.05, 0.1) is 16.7 Å². The SMILES string of the molecule is CNC(c1ccc(C)c(F)c1)c1csc(C)n1. The van der Waals surface area contributed by atoms with Crippen molar-refractivity contribution in [3.8, 4) is 0 Å². The minimum absolute atomic E-state index is 0.0463. The molecule has 2 rings (SSSR count). The molecule has 0 bridgehead atoms. The Bertz CT molecular complexity index is 522. The standard InChI is InChI=1S/C13H15FN2S/c1-8-4-5-10(6-11(8)14)13(15-3)12-7-17-9(2)16-12/h4-7,13,15H,1-3H3. The third kappa shape index (κ3) is 2.53. The molecule has 1 heterocycles. The summed E-state index contributed by atoms with van der Waals surface area (Å²) in [5, 5.41) is 6.20. The van der Waals surface area contributed by atoms with Crippen LogP contribution >= 0.6 is 11.3 Å². The van der Waals surface area contributed by atoms with Crippen molar-refractivity contribution in [3.63, 3.8) is 0 Å². The predicted octanol–water partition coefficient (Wildman–Crippen LogP) is 3.21. The van der Waals surface area contributed by atoms with Crippen LogP contribution in [0.1, 0.15) is 27.9 Å². The quantitative estimate of drug-likeness (QED) is 0.904. The molecule has 1 aromatic carbocycles. The fourth-order valence-corrected chi connectivity index (χ4v) is 2.42. The second-order valence-electron chi connectivity index (χ2n) is 4.02. The number of hydrogen-bond acceptors (Lipinski definition) is 3.